The smallest absolute Gasteiger partial charge is 0.253 e. The van der Waals surface area contributed by atoms with E-state index in [1.807, 2.05) is 51.3 Å². The lowest BCUT2D eigenvalue weighted by atomic mass is 10.2. The molecule has 0 aliphatic rings. The Bertz CT molecular complexity index is 608. The van der Waals surface area contributed by atoms with Gasteiger partial charge in [-0.05, 0) is 40.7 Å². The number of nitrogens with one attached hydrogen (secondary N) is 1. The number of hydrogen-bond donors (Lipinski definition) is 1. The number of rotatable bonds is 3. The van der Waals surface area contributed by atoms with Gasteiger partial charge in [0.25, 0.3) is 5.91 Å². The predicted octanol–water partition coefficient (Wildman–Crippen LogP) is 2.53. The quantitative estimate of drug-likeness (QED) is 0.923. The van der Waals surface area contributed by atoms with Gasteiger partial charge in [-0.1, -0.05) is 5.16 Å². The molecule has 1 amide bonds. The van der Waals surface area contributed by atoms with Crippen molar-refractivity contribution >= 4 is 5.91 Å². The van der Waals surface area contributed by atoms with Crippen LogP contribution in [-0.2, 0) is 0 Å². The number of carbonyl (C=O) groups is 1. The maximum atomic E-state index is 12.1. The second kappa shape index (κ2) is 4.91. The Morgan fingerprint density at radius 3 is 2.53 bits per heavy atom. The zero-order valence-electron chi connectivity index (χ0n) is 11.9. The molecule has 2 aromatic rings. The molecule has 0 aromatic carbocycles. The van der Waals surface area contributed by atoms with Crippen molar-refractivity contribution in [2.45, 2.75) is 40.7 Å². The van der Waals surface area contributed by atoms with Crippen molar-refractivity contribution < 1.29 is 9.32 Å². The van der Waals surface area contributed by atoms with Crippen LogP contribution >= 0.6 is 0 Å². The van der Waals surface area contributed by atoms with E-state index in [1.165, 1.54) is 0 Å². The minimum Gasteiger partial charge on any atom is -0.360 e. The zero-order chi connectivity index (χ0) is 14.2. The molecule has 102 valence electrons. The Morgan fingerprint density at radius 2 is 2.00 bits per heavy atom. The van der Waals surface area contributed by atoms with Gasteiger partial charge in [0.2, 0.25) is 0 Å². The zero-order valence-corrected chi connectivity index (χ0v) is 11.9. The minimum absolute atomic E-state index is 0.0606. The van der Waals surface area contributed by atoms with Crippen LogP contribution in [0.25, 0.3) is 5.82 Å². The summed E-state index contributed by atoms with van der Waals surface area (Å²) >= 11 is 0. The van der Waals surface area contributed by atoms with E-state index in [4.69, 9.17) is 4.52 Å². The van der Waals surface area contributed by atoms with Crippen LogP contribution in [-0.4, -0.2) is 21.7 Å². The molecule has 5 nitrogen and oxygen atoms in total. The lowest BCUT2D eigenvalue weighted by Crippen LogP contribution is -2.30. The van der Waals surface area contributed by atoms with E-state index >= 15 is 0 Å². The van der Waals surface area contributed by atoms with Gasteiger partial charge < -0.3 is 9.84 Å². The Kier molecular flexibility index (Phi) is 3.46. The molecule has 5 heteroatoms. The molecule has 19 heavy (non-hydrogen) atoms. The first kappa shape index (κ1) is 13.4. The van der Waals surface area contributed by atoms with Gasteiger partial charge in [-0.25, -0.2) is 0 Å². The Morgan fingerprint density at radius 1 is 1.32 bits per heavy atom. The summed E-state index contributed by atoms with van der Waals surface area (Å²) in [4.78, 5) is 12.1. The molecule has 0 saturated carbocycles. The number of hydrogen-bond acceptors (Lipinski definition) is 3. The number of amides is 1. The minimum atomic E-state index is -0.0606. The van der Waals surface area contributed by atoms with Crippen LogP contribution in [0.1, 0.15) is 41.4 Å². The number of carbonyl (C=O) groups excluding carboxylic acids is 1. The van der Waals surface area contributed by atoms with Crippen molar-refractivity contribution in [3.63, 3.8) is 0 Å². The summed E-state index contributed by atoms with van der Waals surface area (Å²) < 4.78 is 7.01. The van der Waals surface area contributed by atoms with Crippen molar-refractivity contribution in [2.24, 2.45) is 0 Å². The van der Waals surface area contributed by atoms with Crippen LogP contribution < -0.4 is 5.32 Å². The normalized spacial score (nSPS) is 11.1. The fourth-order valence-corrected chi connectivity index (χ4v) is 2.14. The maximum Gasteiger partial charge on any atom is 0.253 e. The maximum absolute atomic E-state index is 12.1. The molecule has 0 bridgehead atoms. The molecule has 0 fully saturated rings. The van der Waals surface area contributed by atoms with Crippen LogP contribution in [0.5, 0.6) is 0 Å². The van der Waals surface area contributed by atoms with Crippen molar-refractivity contribution in [2.75, 3.05) is 0 Å². The van der Waals surface area contributed by atoms with Crippen molar-refractivity contribution in [3.8, 4) is 5.82 Å². The number of aryl methyl sites for hydroxylation is 2. The summed E-state index contributed by atoms with van der Waals surface area (Å²) in [5.74, 6) is 1.39. The molecular formula is C14H19N3O2. The second-order valence-corrected chi connectivity index (χ2v) is 5.04. The van der Waals surface area contributed by atoms with Crippen molar-refractivity contribution in [1.82, 2.24) is 15.0 Å². The van der Waals surface area contributed by atoms with Crippen LogP contribution in [0.3, 0.4) is 0 Å². The summed E-state index contributed by atoms with van der Waals surface area (Å²) in [6.07, 6.45) is 0. The summed E-state index contributed by atoms with van der Waals surface area (Å²) in [5, 5.41) is 6.90. The Labute approximate surface area is 112 Å². The van der Waals surface area contributed by atoms with Gasteiger partial charge in [0.15, 0.2) is 5.82 Å². The standard InChI is InChI=1S/C14H19N3O2/c1-8(2)15-14(18)12-6-9(3)17(11(12)5)13-7-10(4)19-16-13/h6-8H,1-5H3,(H,15,18). The van der Waals surface area contributed by atoms with E-state index in [9.17, 15) is 4.79 Å². The first-order valence-corrected chi connectivity index (χ1v) is 6.33. The summed E-state index contributed by atoms with van der Waals surface area (Å²) in [5.41, 5.74) is 2.50. The molecule has 0 spiro atoms. The van der Waals surface area contributed by atoms with Gasteiger partial charge in [0.1, 0.15) is 5.76 Å². The molecule has 0 aliphatic carbocycles. The highest BCUT2D eigenvalue weighted by atomic mass is 16.5. The fraction of sp³-hybridized carbons (Fsp3) is 0.429. The molecule has 0 atom stereocenters. The molecule has 0 radical (unpaired) electrons. The first-order chi connectivity index (χ1) is 8.90. The van der Waals surface area contributed by atoms with Crippen LogP contribution in [0, 0.1) is 20.8 Å². The average molecular weight is 261 g/mol. The highest BCUT2D eigenvalue weighted by molar-refractivity contribution is 5.96. The largest absolute Gasteiger partial charge is 0.360 e. The molecule has 1 N–H and O–H groups in total. The number of nitrogens with zero attached hydrogens (tertiary/aromatic N) is 2. The van der Waals surface area contributed by atoms with Crippen molar-refractivity contribution in [3.05, 3.63) is 34.8 Å². The lowest BCUT2D eigenvalue weighted by molar-refractivity contribution is 0.0942. The van der Waals surface area contributed by atoms with Crippen LogP contribution in [0.4, 0.5) is 0 Å². The van der Waals surface area contributed by atoms with E-state index in [2.05, 4.69) is 10.5 Å². The van der Waals surface area contributed by atoms with Gasteiger partial charge >= 0.3 is 0 Å². The van der Waals surface area contributed by atoms with E-state index in [0.29, 0.717) is 11.4 Å². The van der Waals surface area contributed by atoms with E-state index in [0.717, 1.165) is 17.1 Å². The highest BCUT2D eigenvalue weighted by Gasteiger charge is 2.18. The molecule has 0 unspecified atom stereocenters. The lowest BCUT2D eigenvalue weighted by Gasteiger charge is -2.08. The Hall–Kier alpha value is -2.04. The first-order valence-electron chi connectivity index (χ1n) is 6.33. The fourth-order valence-electron chi connectivity index (χ4n) is 2.14. The predicted molar refractivity (Wildman–Crippen MR) is 72.6 cm³/mol. The number of aromatic nitrogens is 2. The topological polar surface area (TPSA) is 60.1 Å². The molecule has 0 aliphatic heterocycles. The SMILES string of the molecule is Cc1cc(-n2c(C)cc(C(=O)NC(C)C)c2C)no1. The van der Waals surface area contributed by atoms with Gasteiger partial charge in [-0.3, -0.25) is 9.36 Å². The molecular weight excluding hydrogens is 242 g/mol. The second-order valence-electron chi connectivity index (χ2n) is 5.04. The van der Waals surface area contributed by atoms with Crippen molar-refractivity contribution in [1.29, 1.82) is 0 Å². The van der Waals surface area contributed by atoms with Gasteiger partial charge in [0, 0.05) is 23.5 Å². The molecule has 2 heterocycles. The highest BCUT2D eigenvalue weighted by Crippen LogP contribution is 2.20. The molecule has 2 aromatic heterocycles. The van der Waals surface area contributed by atoms with Gasteiger partial charge in [-0.15, -0.1) is 0 Å². The Balaban J connectivity index is 2.43. The third-order valence-electron chi connectivity index (χ3n) is 2.94. The third kappa shape index (κ3) is 2.54. The van der Waals surface area contributed by atoms with Gasteiger partial charge in [-0.2, -0.15) is 0 Å². The summed E-state index contributed by atoms with van der Waals surface area (Å²) in [7, 11) is 0. The van der Waals surface area contributed by atoms with E-state index in [-0.39, 0.29) is 11.9 Å². The monoisotopic (exact) mass is 261 g/mol. The van der Waals surface area contributed by atoms with Gasteiger partial charge in [0.05, 0.1) is 5.56 Å². The molecule has 2 rings (SSSR count). The van der Waals surface area contributed by atoms with E-state index < -0.39 is 0 Å². The molecule has 0 saturated heterocycles. The average Bonchev–Trinajstić information content (AvgIpc) is 2.82. The third-order valence-corrected chi connectivity index (χ3v) is 2.94. The summed E-state index contributed by atoms with van der Waals surface area (Å²) in [6.45, 7) is 9.59. The summed E-state index contributed by atoms with van der Waals surface area (Å²) in [6, 6.07) is 3.84. The van der Waals surface area contributed by atoms with E-state index in [1.54, 1.807) is 0 Å². The van der Waals surface area contributed by atoms with Crippen LogP contribution in [0.2, 0.25) is 0 Å². The van der Waals surface area contributed by atoms with Crippen LogP contribution in [0.15, 0.2) is 16.7 Å².